The van der Waals surface area contributed by atoms with E-state index < -0.39 is 0 Å². The van der Waals surface area contributed by atoms with Crippen molar-refractivity contribution in [2.45, 2.75) is 13.5 Å². The lowest BCUT2D eigenvalue weighted by atomic mass is 10.3. The second-order valence-electron chi connectivity index (χ2n) is 4.84. The van der Waals surface area contributed by atoms with E-state index in [2.05, 4.69) is 10.6 Å². The highest BCUT2D eigenvalue weighted by Gasteiger charge is 2.07. The summed E-state index contributed by atoms with van der Waals surface area (Å²) in [6.07, 6.45) is 0. The molecule has 2 amide bonds. The van der Waals surface area contributed by atoms with Crippen molar-refractivity contribution in [2.75, 3.05) is 16.8 Å². The Morgan fingerprint density at radius 2 is 1.78 bits per heavy atom. The quantitative estimate of drug-likeness (QED) is 0.805. The van der Waals surface area contributed by atoms with E-state index in [1.54, 1.807) is 11.3 Å². The van der Waals surface area contributed by atoms with Gasteiger partial charge in [-0.15, -0.1) is 23.1 Å². The largest absolute Gasteiger partial charge is 0.350 e. The molecule has 0 spiro atoms. The van der Waals surface area contributed by atoms with Gasteiger partial charge in [0.25, 0.3) is 0 Å². The van der Waals surface area contributed by atoms with E-state index in [9.17, 15) is 14.0 Å². The maximum Gasteiger partial charge on any atom is 0.234 e. The number of thiophene rings is 1. The summed E-state index contributed by atoms with van der Waals surface area (Å²) in [7, 11) is 0. The summed E-state index contributed by atoms with van der Waals surface area (Å²) in [6.45, 7) is 2.53. The molecule has 0 aliphatic rings. The van der Waals surface area contributed by atoms with E-state index in [1.165, 1.54) is 40.9 Å². The Hall–Kier alpha value is -1.86. The Bertz CT molecular complexity index is 671. The standard InChI is InChI=1S/C16H17FN2O2S2/c1-11-2-7-14(23-11)8-18-15(20)9-22-10-16(21)19-13-5-3-12(17)4-6-13/h2-7H,8-10H2,1H3,(H,18,20)(H,19,21). The lowest BCUT2D eigenvalue weighted by molar-refractivity contribution is -0.118. The molecular weight excluding hydrogens is 335 g/mol. The maximum atomic E-state index is 12.8. The molecule has 23 heavy (non-hydrogen) atoms. The topological polar surface area (TPSA) is 58.2 Å². The van der Waals surface area contributed by atoms with E-state index >= 15 is 0 Å². The first-order chi connectivity index (χ1) is 11.0. The minimum atomic E-state index is -0.352. The molecule has 0 unspecified atom stereocenters. The van der Waals surface area contributed by atoms with Gasteiger partial charge >= 0.3 is 0 Å². The molecule has 122 valence electrons. The third kappa shape index (κ3) is 6.42. The first-order valence-corrected chi connectivity index (χ1v) is 8.95. The number of hydrogen-bond donors (Lipinski definition) is 2. The molecule has 1 heterocycles. The third-order valence-corrected chi connectivity index (χ3v) is 4.78. The molecular formula is C16H17FN2O2S2. The van der Waals surface area contributed by atoms with Gasteiger partial charge in [0, 0.05) is 15.4 Å². The number of halogens is 1. The summed E-state index contributed by atoms with van der Waals surface area (Å²) in [6, 6.07) is 9.55. The molecule has 2 rings (SSSR count). The zero-order valence-electron chi connectivity index (χ0n) is 12.6. The third-order valence-electron chi connectivity index (χ3n) is 2.85. The molecule has 1 aromatic heterocycles. The van der Waals surface area contributed by atoms with Crippen LogP contribution in [0.1, 0.15) is 9.75 Å². The van der Waals surface area contributed by atoms with Crippen LogP contribution >= 0.6 is 23.1 Å². The fourth-order valence-corrected chi connectivity index (χ4v) is 3.26. The number of thioether (sulfide) groups is 1. The number of carbonyl (C=O) groups excluding carboxylic acids is 2. The molecule has 0 aliphatic carbocycles. The smallest absolute Gasteiger partial charge is 0.234 e. The van der Waals surface area contributed by atoms with E-state index in [4.69, 9.17) is 0 Å². The lowest BCUT2D eigenvalue weighted by Crippen LogP contribution is -2.25. The molecule has 0 bridgehead atoms. The number of nitrogens with one attached hydrogen (secondary N) is 2. The second-order valence-corrected chi connectivity index (χ2v) is 7.20. The number of amides is 2. The highest BCUT2D eigenvalue weighted by atomic mass is 32.2. The molecule has 1 aromatic carbocycles. The van der Waals surface area contributed by atoms with Gasteiger partial charge in [-0.2, -0.15) is 0 Å². The van der Waals surface area contributed by atoms with Gasteiger partial charge in [0.15, 0.2) is 0 Å². The lowest BCUT2D eigenvalue weighted by Gasteiger charge is -2.06. The summed E-state index contributed by atoms with van der Waals surface area (Å²) < 4.78 is 12.8. The molecule has 2 N–H and O–H groups in total. The highest BCUT2D eigenvalue weighted by molar-refractivity contribution is 8.00. The Balaban J connectivity index is 1.62. The molecule has 4 nitrogen and oxygen atoms in total. The Labute approximate surface area is 142 Å². The maximum absolute atomic E-state index is 12.8. The van der Waals surface area contributed by atoms with E-state index in [0.717, 1.165) is 4.88 Å². The zero-order valence-corrected chi connectivity index (χ0v) is 14.2. The molecule has 0 fully saturated rings. The summed E-state index contributed by atoms with van der Waals surface area (Å²) in [5.41, 5.74) is 0.537. The van der Waals surface area contributed by atoms with Crippen LogP contribution in [0.5, 0.6) is 0 Å². The molecule has 2 aromatic rings. The molecule has 0 atom stereocenters. The van der Waals surface area contributed by atoms with E-state index in [-0.39, 0.29) is 29.1 Å². The van der Waals surface area contributed by atoms with E-state index in [1.807, 2.05) is 19.1 Å². The minimum Gasteiger partial charge on any atom is -0.350 e. The molecule has 0 aliphatic heterocycles. The van der Waals surface area contributed by atoms with Crippen molar-refractivity contribution in [3.05, 3.63) is 52.0 Å². The number of benzene rings is 1. The fraction of sp³-hybridized carbons (Fsp3) is 0.250. The zero-order chi connectivity index (χ0) is 16.7. The van der Waals surface area contributed by atoms with Crippen LogP contribution in [0, 0.1) is 12.7 Å². The average molecular weight is 352 g/mol. The van der Waals surface area contributed by atoms with Gasteiger partial charge in [0.2, 0.25) is 11.8 Å². The van der Waals surface area contributed by atoms with Crippen molar-refractivity contribution in [1.29, 1.82) is 0 Å². The summed E-state index contributed by atoms with van der Waals surface area (Å²) in [5, 5.41) is 5.47. The summed E-state index contributed by atoms with van der Waals surface area (Å²) >= 11 is 2.89. The van der Waals surface area contributed by atoms with Crippen molar-refractivity contribution in [2.24, 2.45) is 0 Å². The Morgan fingerprint density at radius 3 is 2.43 bits per heavy atom. The van der Waals surface area contributed by atoms with Crippen molar-refractivity contribution in [1.82, 2.24) is 5.32 Å². The normalized spacial score (nSPS) is 10.3. The van der Waals surface area contributed by atoms with Crippen molar-refractivity contribution >= 4 is 40.6 Å². The fourth-order valence-electron chi connectivity index (χ4n) is 1.78. The molecule has 0 saturated carbocycles. The number of anilines is 1. The SMILES string of the molecule is Cc1ccc(CNC(=O)CSCC(=O)Nc2ccc(F)cc2)s1. The first kappa shape index (κ1) is 17.5. The van der Waals surface area contributed by atoms with Crippen LogP contribution in [0.3, 0.4) is 0 Å². The predicted molar refractivity (Wildman–Crippen MR) is 93.3 cm³/mol. The summed E-state index contributed by atoms with van der Waals surface area (Å²) in [5.74, 6) is -0.279. The second kappa shape index (κ2) is 8.69. The van der Waals surface area contributed by atoms with Crippen molar-refractivity contribution in [3.63, 3.8) is 0 Å². The first-order valence-electron chi connectivity index (χ1n) is 6.98. The summed E-state index contributed by atoms with van der Waals surface area (Å²) in [4.78, 5) is 25.7. The van der Waals surface area contributed by atoms with Crippen molar-refractivity contribution < 1.29 is 14.0 Å². The molecule has 0 saturated heterocycles. The molecule has 7 heteroatoms. The van der Waals surface area contributed by atoms with Gasteiger partial charge in [-0.05, 0) is 43.3 Å². The monoisotopic (exact) mass is 352 g/mol. The van der Waals surface area contributed by atoms with E-state index in [0.29, 0.717) is 12.2 Å². The highest BCUT2D eigenvalue weighted by Crippen LogP contribution is 2.14. The van der Waals surface area contributed by atoms with Gasteiger partial charge in [-0.1, -0.05) is 0 Å². The number of rotatable bonds is 7. The van der Waals surface area contributed by atoms with Crippen LogP contribution in [0.2, 0.25) is 0 Å². The van der Waals surface area contributed by atoms with Crippen LogP contribution in [-0.2, 0) is 16.1 Å². The Kier molecular flexibility index (Phi) is 6.61. The Morgan fingerprint density at radius 1 is 1.09 bits per heavy atom. The minimum absolute atomic E-state index is 0.101. The van der Waals surface area contributed by atoms with Gasteiger partial charge in [-0.3, -0.25) is 9.59 Å². The van der Waals surface area contributed by atoms with Gasteiger partial charge in [-0.25, -0.2) is 4.39 Å². The number of carbonyl (C=O) groups is 2. The van der Waals surface area contributed by atoms with Gasteiger partial charge in [0.1, 0.15) is 5.82 Å². The number of hydrogen-bond acceptors (Lipinski definition) is 4. The average Bonchev–Trinajstić information content (AvgIpc) is 2.93. The van der Waals surface area contributed by atoms with Crippen LogP contribution in [-0.4, -0.2) is 23.3 Å². The van der Waals surface area contributed by atoms with Crippen molar-refractivity contribution in [3.8, 4) is 0 Å². The molecule has 0 radical (unpaired) electrons. The predicted octanol–water partition coefficient (Wildman–Crippen LogP) is 3.18. The number of aryl methyl sites for hydroxylation is 1. The van der Waals surface area contributed by atoms with Crippen LogP contribution < -0.4 is 10.6 Å². The van der Waals surface area contributed by atoms with Crippen LogP contribution in [0.25, 0.3) is 0 Å². The van der Waals surface area contributed by atoms with Crippen LogP contribution in [0.15, 0.2) is 36.4 Å². The van der Waals surface area contributed by atoms with Gasteiger partial charge < -0.3 is 10.6 Å². The van der Waals surface area contributed by atoms with Crippen LogP contribution in [0.4, 0.5) is 10.1 Å². The van der Waals surface area contributed by atoms with Gasteiger partial charge in [0.05, 0.1) is 18.1 Å².